The minimum atomic E-state index is -4.44. The average molecular weight is 450 g/mol. The van der Waals surface area contributed by atoms with E-state index in [4.69, 9.17) is 4.74 Å². The molecular weight excluding hydrogens is 429 g/mol. The highest BCUT2D eigenvalue weighted by atomic mass is 19.4. The van der Waals surface area contributed by atoms with Crippen molar-refractivity contribution in [3.63, 3.8) is 0 Å². The Morgan fingerprint density at radius 1 is 1.03 bits per heavy atom. The van der Waals surface area contributed by atoms with Crippen molar-refractivity contribution in [3.05, 3.63) is 106 Å². The highest BCUT2D eigenvalue weighted by Crippen LogP contribution is 2.30. The molecule has 0 spiro atoms. The Balaban J connectivity index is 1.72. The molecule has 3 rings (SSSR count). The predicted molar refractivity (Wildman–Crippen MR) is 119 cm³/mol. The summed E-state index contributed by atoms with van der Waals surface area (Å²) in [4.78, 5) is 12.5. The number of hydrogen-bond donors (Lipinski definition) is 1. The molecule has 3 aromatic carbocycles. The first-order chi connectivity index (χ1) is 15.8. The fraction of sp³-hybridized carbons (Fsp3) is 0.154. The molecule has 0 radical (unpaired) electrons. The number of benzene rings is 3. The number of amides is 1. The van der Waals surface area contributed by atoms with E-state index >= 15 is 0 Å². The summed E-state index contributed by atoms with van der Waals surface area (Å²) in [6.07, 6.45) is -3.05. The summed E-state index contributed by atoms with van der Waals surface area (Å²) in [6, 6.07) is 21.1. The molecule has 0 atom stereocenters. The number of ether oxygens (including phenoxy) is 1. The van der Waals surface area contributed by atoms with Gasteiger partial charge in [0.05, 0.1) is 5.56 Å². The molecule has 0 saturated heterocycles. The van der Waals surface area contributed by atoms with Crippen molar-refractivity contribution in [2.24, 2.45) is 0 Å². The van der Waals surface area contributed by atoms with Crippen LogP contribution in [-0.2, 0) is 24.1 Å². The second kappa shape index (κ2) is 10.5. The Hall–Kier alpha value is -4.05. The van der Waals surface area contributed by atoms with Gasteiger partial charge in [-0.1, -0.05) is 60.2 Å². The Morgan fingerprint density at radius 2 is 1.76 bits per heavy atom. The molecule has 0 aliphatic heterocycles. The number of rotatable bonds is 7. The van der Waals surface area contributed by atoms with Crippen molar-refractivity contribution >= 4 is 12.0 Å². The number of hydrogen-bond acceptors (Lipinski definition) is 3. The van der Waals surface area contributed by atoms with E-state index in [9.17, 15) is 23.2 Å². The first-order valence-corrected chi connectivity index (χ1v) is 10.1. The van der Waals surface area contributed by atoms with Crippen molar-refractivity contribution in [3.8, 4) is 11.8 Å². The molecule has 0 aliphatic carbocycles. The predicted octanol–water partition coefficient (Wildman–Crippen LogP) is 5.82. The summed E-state index contributed by atoms with van der Waals surface area (Å²) in [5.41, 5.74) is 1.94. The molecule has 0 unspecified atom stereocenters. The van der Waals surface area contributed by atoms with Gasteiger partial charge >= 0.3 is 6.18 Å². The fourth-order valence-corrected chi connectivity index (χ4v) is 3.02. The van der Waals surface area contributed by atoms with Crippen molar-refractivity contribution in [2.45, 2.75) is 26.3 Å². The smallest absolute Gasteiger partial charge is 0.416 e. The standard InChI is InChI=1S/C26H21F3N2O2/c1-18-9-11-19(12-10-18)16-31-25(32)22(15-30)14-21-6-2-3-8-24(21)33-17-20-5-4-7-23(13-20)26(27,28)29/h2-14H,16-17H2,1H3,(H,31,32)/b22-14+. The van der Waals surface area contributed by atoms with E-state index < -0.39 is 17.6 Å². The van der Waals surface area contributed by atoms with E-state index in [-0.39, 0.29) is 18.7 Å². The Morgan fingerprint density at radius 3 is 2.45 bits per heavy atom. The number of alkyl halides is 3. The van der Waals surface area contributed by atoms with Crippen molar-refractivity contribution in [1.82, 2.24) is 5.32 Å². The van der Waals surface area contributed by atoms with E-state index in [1.807, 2.05) is 37.3 Å². The SMILES string of the molecule is Cc1ccc(CNC(=O)/C(C#N)=C/c2ccccc2OCc2cccc(C(F)(F)F)c2)cc1. The van der Waals surface area contributed by atoms with E-state index in [1.165, 1.54) is 18.2 Å². The van der Waals surface area contributed by atoms with Crippen LogP contribution < -0.4 is 10.1 Å². The zero-order chi connectivity index (χ0) is 23.8. The first-order valence-electron chi connectivity index (χ1n) is 10.1. The number of aryl methyl sites for hydroxylation is 1. The summed E-state index contributed by atoms with van der Waals surface area (Å²) in [6.45, 7) is 2.13. The van der Waals surface area contributed by atoms with Crippen LogP contribution in [0.5, 0.6) is 5.75 Å². The van der Waals surface area contributed by atoms with Crippen LogP contribution in [0.3, 0.4) is 0 Å². The van der Waals surface area contributed by atoms with Gasteiger partial charge in [-0.15, -0.1) is 0 Å². The minimum absolute atomic E-state index is 0.101. The average Bonchev–Trinajstić information content (AvgIpc) is 2.81. The van der Waals surface area contributed by atoms with Gasteiger partial charge in [0.25, 0.3) is 5.91 Å². The van der Waals surface area contributed by atoms with Crippen LogP contribution in [0.1, 0.15) is 27.8 Å². The van der Waals surface area contributed by atoms with Crippen LogP contribution in [-0.4, -0.2) is 5.91 Å². The van der Waals surface area contributed by atoms with Crippen molar-refractivity contribution in [1.29, 1.82) is 5.26 Å². The Bertz CT molecular complexity index is 1190. The summed E-state index contributed by atoms with van der Waals surface area (Å²) in [7, 11) is 0. The topological polar surface area (TPSA) is 62.1 Å². The van der Waals surface area contributed by atoms with Gasteiger partial charge in [0, 0.05) is 12.1 Å². The molecule has 7 heteroatoms. The summed E-state index contributed by atoms with van der Waals surface area (Å²) < 4.78 is 44.5. The molecule has 0 bridgehead atoms. The van der Waals surface area contributed by atoms with Crippen LogP contribution in [0.25, 0.3) is 6.08 Å². The van der Waals surface area contributed by atoms with Gasteiger partial charge in [0.15, 0.2) is 0 Å². The van der Waals surface area contributed by atoms with Gasteiger partial charge < -0.3 is 10.1 Å². The molecule has 168 valence electrons. The molecule has 33 heavy (non-hydrogen) atoms. The van der Waals surface area contributed by atoms with Crippen LogP contribution in [0.15, 0.2) is 78.4 Å². The second-order valence-corrected chi connectivity index (χ2v) is 7.36. The monoisotopic (exact) mass is 450 g/mol. The maximum Gasteiger partial charge on any atom is 0.416 e. The van der Waals surface area contributed by atoms with E-state index in [2.05, 4.69) is 5.32 Å². The van der Waals surface area contributed by atoms with Crippen LogP contribution in [0.2, 0.25) is 0 Å². The Kier molecular flexibility index (Phi) is 7.52. The zero-order valence-corrected chi connectivity index (χ0v) is 17.8. The summed E-state index contributed by atoms with van der Waals surface area (Å²) in [5.74, 6) is -0.195. The maximum atomic E-state index is 12.9. The number of carbonyl (C=O) groups is 1. The normalized spacial score (nSPS) is 11.5. The number of nitriles is 1. The molecule has 3 aromatic rings. The number of nitrogens with zero attached hydrogens (tertiary/aromatic N) is 1. The molecule has 0 saturated carbocycles. The second-order valence-electron chi connectivity index (χ2n) is 7.36. The van der Waals surface area contributed by atoms with Gasteiger partial charge in [-0.25, -0.2) is 0 Å². The lowest BCUT2D eigenvalue weighted by Crippen LogP contribution is -2.23. The number of halogens is 3. The quantitative estimate of drug-likeness (QED) is 0.365. The number of para-hydroxylation sites is 1. The van der Waals surface area contributed by atoms with Gasteiger partial charge in [-0.2, -0.15) is 18.4 Å². The third-order valence-corrected chi connectivity index (χ3v) is 4.81. The molecule has 1 amide bonds. The highest BCUT2D eigenvalue weighted by molar-refractivity contribution is 6.01. The summed E-state index contributed by atoms with van der Waals surface area (Å²) >= 11 is 0. The molecule has 0 aromatic heterocycles. The fourth-order valence-electron chi connectivity index (χ4n) is 3.02. The van der Waals surface area contributed by atoms with E-state index in [0.29, 0.717) is 16.9 Å². The van der Waals surface area contributed by atoms with Crippen molar-refractivity contribution < 1.29 is 22.7 Å². The van der Waals surface area contributed by atoms with E-state index in [0.717, 1.165) is 23.3 Å². The lowest BCUT2D eigenvalue weighted by atomic mass is 10.1. The Labute approximate surface area is 189 Å². The molecular formula is C26H21F3N2O2. The molecule has 0 fully saturated rings. The molecule has 1 N–H and O–H groups in total. The summed E-state index contributed by atoms with van der Waals surface area (Å²) in [5, 5.41) is 12.2. The lowest BCUT2D eigenvalue weighted by Gasteiger charge is -2.12. The van der Waals surface area contributed by atoms with Gasteiger partial charge in [-0.3, -0.25) is 4.79 Å². The minimum Gasteiger partial charge on any atom is -0.488 e. The zero-order valence-electron chi connectivity index (χ0n) is 17.8. The maximum absolute atomic E-state index is 12.9. The third kappa shape index (κ3) is 6.71. The molecule has 0 aliphatic rings. The van der Waals surface area contributed by atoms with Gasteiger partial charge in [0.2, 0.25) is 0 Å². The molecule has 4 nitrogen and oxygen atoms in total. The van der Waals surface area contributed by atoms with Gasteiger partial charge in [-0.05, 0) is 42.3 Å². The van der Waals surface area contributed by atoms with Crippen LogP contribution in [0, 0.1) is 18.3 Å². The van der Waals surface area contributed by atoms with Crippen LogP contribution >= 0.6 is 0 Å². The highest BCUT2D eigenvalue weighted by Gasteiger charge is 2.30. The largest absolute Gasteiger partial charge is 0.488 e. The van der Waals surface area contributed by atoms with Gasteiger partial charge in [0.1, 0.15) is 24.0 Å². The van der Waals surface area contributed by atoms with E-state index in [1.54, 1.807) is 24.3 Å². The first kappa shape index (κ1) is 23.6. The lowest BCUT2D eigenvalue weighted by molar-refractivity contribution is -0.137. The van der Waals surface area contributed by atoms with Crippen molar-refractivity contribution in [2.75, 3.05) is 0 Å². The van der Waals surface area contributed by atoms with Crippen LogP contribution in [0.4, 0.5) is 13.2 Å². The molecule has 0 heterocycles. The third-order valence-electron chi connectivity index (χ3n) is 4.81. The number of carbonyl (C=O) groups excluding carboxylic acids is 1. The number of nitrogens with one attached hydrogen (secondary N) is 1.